The Morgan fingerprint density at radius 1 is 0.606 bits per heavy atom. The van der Waals surface area contributed by atoms with Crippen LogP contribution in [0.4, 0.5) is 0 Å². The molecule has 2 aromatic heterocycles. The molecule has 2 N–H and O–H groups in total. The van der Waals surface area contributed by atoms with E-state index in [1.807, 2.05) is 13.8 Å². The number of ketones is 6. The van der Waals surface area contributed by atoms with Crippen LogP contribution in [0.15, 0.2) is 98.2 Å². The van der Waals surface area contributed by atoms with Crippen molar-refractivity contribution in [3.63, 3.8) is 0 Å². The number of fused-ring (bicyclic) bond motifs is 5. The number of halogens is 2. The van der Waals surface area contributed by atoms with E-state index in [-0.39, 0.29) is 116 Å². The number of benzene rings is 3. The zero-order valence-electron chi connectivity index (χ0n) is 38.3. The van der Waals surface area contributed by atoms with Gasteiger partial charge in [0.05, 0.1) is 11.1 Å². The number of Topliss-reactive ketones (excluding diaryl/α,β-unsaturated/α-hetero) is 2. The normalized spacial score (nSPS) is 18.5. The van der Waals surface area contributed by atoms with Crippen molar-refractivity contribution in [3.8, 4) is 12.3 Å². The summed E-state index contributed by atoms with van der Waals surface area (Å²) >= 11 is 5.83. The Morgan fingerprint density at radius 3 is 1.42 bits per heavy atom. The van der Waals surface area contributed by atoms with E-state index in [2.05, 4.69) is 37.8 Å². The maximum absolute atomic E-state index is 12.6. The van der Waals surface area contributed by atoms with Crippen LogP contribution >= 0.6 is 28.3 Å². The van der Waals surface area contributed by atoms with Crippen LogP contribution in [-0.2, 0) is 60.6 Å². The van der Waals surface area contributed by atoms with E-state index < -0.39 is 17.7 Å². The Morgan fingerprint density at radius 2 is 1.00 bits per heavy atom. The van der Waals surface area contributed by atoms with Crippen molar-refractivity contribution in [1.82, 2.24) is 0 Å². The van der Waals surface area contributed by atoms with Crippen molar-refractivity contribution < 1.29 is 104 Å². The molecule has 19 heteroatoms. The topological polar surface area (TPSA) is 223 Å². The number of aliphatic hydroxyl groups is 2. The molecule has 2 aliphatic heterocycles. The Bertz CT molecular complexity index is 2720. The summed E-state index contributed by atoms with van der Waals surface area (Å²) in [6, 6.07) is 23.0. The predicted octanol–water partition coefficient (Wildman–Crippen LogP) is 9.69. The van der Waals surface area contributed by atoms with Crippen molar-refractivity contribution in [1.29, 1.82) is 0 Å². The van der Waals surface area contributed by atoms with Crippen LogP contribution in [0.3, 0.4) is 0 Å². The zero-order chi connectivity index (χ0) is 49.9. The number of aliphatic hydroxyl groups excluding tert-OH is 2. The van der Waals surface area contributed by atoms with E-state index in [0.29, 0.717) is 45.7 Å². The SMILES string of the molecule is C#CC(C)OC1CCCCO1.CC(O)c1cc2c(o1)C(=O)c1ccccc1C2=O.CC(OC1CCCCO1)c1cc2c(o1)C(=O)c1ccccc1C2=O.Cl.O=C1C(=O)c2ccccc2C(O)=C1Br.[Cu].[O]=[Cu]. The number of ether oxygens (including phenoxy) is 4. The number of carbonyl (C=O) groups is 6. The molecule has 0 spiro atoms. The van der Waals surface area contributed by atoms with Gasteiger partial charge < -0.3 is 38.0 Å². The van der Waals surface area contributed by atoms with Crippen LogP contribution in [-0.4, -0.2) is 76.8 Å². The van der Waals surface area contributed by atoms with E-state index in [1.165, 1.54) is 25.5 Å². The summed E-state index contributed by atoms with van der Waals surface area (Å²) in [5.74, 6) is 0.876. The van der Waals surface area contributed by atoms with Crippen LogP contribution in [0.25, 0.3) is 5.76 Å². The first kappa shape index (κ1) is 58.3. The molecular formula is C52H48BrClCu2O15. The Kier molecular flexibility index (Phi) is 22.2. The first-order valence-corrected chi connectivity index (χ1v) is 23.1. The van der Waals surface area contributed by atoms with Gasteiger partial charge in [0.15, 0.2) is 35.7 Å². The third kappa shape index (κ3) is 13.4. The summed E-state index contributed by atoms with van der Waals surface area (Å²) in [4.78, 5) is 72.3. The van der Waals surface area contributed by atoms with Crippen LogP contribution < -0.4 is 0 Å². The second kappa shape index (κ2) is 27.0. The molecule has 3 aromatic carbocycles. The molecule has 0 saturated carbocycles. The fourth-order valence-electron chi connectivity index (χ4n) is 7.73. The average molecular weight is 1160 g/mol. The number of hydrogen-bond donors (Lipinski definition) is 2. The molecule has 71 heavy (non-hydrogen) atoms. The molecule has 10 rings (SSSR count). The summed E-state index contributed by atoms with van der Waals surface area (Å²) < 4.78 is 40.9. The molecule has 1 radical (unpaired) electrons. The van der Waals surface area contributed by atoms with E-state index in [1.54, 1.807) is 72.8 Å². The fraction of sp³-hybridized carbons (Fsp3) is 0.308. The van der Waals surface area contributed by atoms with Gasteiger partial charge in [-0.2, -0.15) is 0 Å². The minimum absolute atomic E-state index is 0. The molecule has 3 aliphatic carbocycles. The molecule has 5 aliphatic rings. The van der Waals surface area contributed by atoms with Gasteiger partial charge in [0.1, 0.15) is 40.1 Å². The molecular weight excluding hydrogens is 1110 g/mol. The number of hydrogen-bond acceptors (Lipinski definition) is 15. The third-order valence-electron chi connectivity index (χ3n) is 11.3. The fourth-order valence-corrected chi connectivity index (χ4v) is 8.12. The van der Waals surface area contributed by atoms with Gasteiger partial charge in [0, 0.05) is 63.7 Å². The van der Waals surface area contributed by atoms with Crippen LogP contribution in [0.5, 0.6) is 0 Å². The third-order valence-corrected chi connectivity index (χ3v) is 12.0. The Balaban J connectivity index is 0.000000209. The van der Waals surface area contributed by atoms with Crippen molar-refractivity contribution in [3.05, 3.63) is 157 Å². The van der Waals surface area contributed by atoms with Gasteiger partial charge in [0.25, 0.3) is 0 Å². The minimum atomic E-state index is -0.848. The number of allylic oxidation sites excluding steroid dienone is 1. The number of terminal acetylenes is 1. The molecule has 15 nitrogen and oxygen atoms in total. The van der Waals surface area contributed by atoms with Crippen molar-refractivity contribution in [2.75, 3.05) is 13.2 Å². The molecule has 5 aromatic rings. The second-order valence-corrected chi connectivity index (χ2v) is 16.8. The molecule has 5 atom stereocenters. The molecule has 382 valence electrons. The summed E-state index contributed by atoms with van der Waals surface area (Å²) in [6.45, 7) is 6.72. The van der Waals surface area contributed by atoms with Gasteiger partial charge in [-0.25, -0.2) is 0 Å². The summed E-state index contributed by atoms with van der Waals surface area (Å²) in [6.07, 6.45) is 9.73. The quantitative estimate of drug-likeness (QED) is 0.0898. The summed E-state index contributed by atoms with van der Waals surface area (Å²) in [5.41, 5.74) is 2.73. The van der Waals surface area contributed by atoms with E-state index in [9.17, 15) is 39.0 Å². The summed E-state index contributed by atoms with van der Waals surface area (Å²) in [5, 5.41) is 19.0. The first-order chi connectivity index (χ1) is 33.2. The molecule has 4 heterocycles. The predicted molar refractivity (Wildman–Crippen MR) is 253 cm³/mol. The molecule has 2 fully saturated rings. The van der Waals surface area contributed by atoms with Crippen molar-refractivity contribution in [2.24, 2.45) is 0 Å². The molecule has 2 saturated heterocycles. The van der Waals surface area contributed by atoms with Crippen LogP contribution in [0.1, 0.15) is 163 Å². The van der Waals surface area contributed by atoms with Gasteiger partial charge in [-0.3, -0.25) is 28.8 Å². The number of furan rings is 2. The Labute approximate surface area is 442 Å². The van der Waals surface area contributed by atoms with E-state index in [4.69, 9.17) is 38.0 Å². The standard InChI is InChI=1S/C19H18O5.C14H10O4.C10H5BrO3.C9H14O2.ClH.2Cu.O/c1-11(23-16-8-4-5-9-22-16)15-10-14-17(20)12-6-2-3-7-13(12)18(21)19(14)24-15;1-7(15)11-6-10-12(16)8-4-2-3-5-9(8)13(17)14(10)18-11;11-7-8(12)5-3-1-2-4-6(5)9(13)10(7)14;1-3-8(2)11-9-6-4-5-7-10-9;;;;/h2-3,6-7,10-11,16H,4-5,8-9H2,1H3;2-7,15H,1H3;1-4,12H;1,8-9H,4-7H2,2H3;1H;;;. The van der Waals surface area contributed by atoms with Crippen LogP contribution in [0.2, 0.25) is 0 Å². The van der Waals surface area contributed by atoms with Crippen molar-refractivity contribution >= 4 is 68.8 Å². The van der Waals surface area contributed by atoms with Gasteiger partial charge in [0.2, 0.25) is 23.1 Å². The average Bonchev–Trinajstić information content (AvgIpc) is 4.06. The number of rotatable bonds is 6. The monoisotopic (exact) mass is 1150 g/mol. The van der Waals surface area contributed by atoms with Crippen LogP contribution in [0, 0.1) is 12.3 Å². The zero-order valence-corrected chi connectivity index (χ0v) is 42.6. The van der Waals surface area contributed by atoms with Gasteiger partial charge in [-0.1, -0.05) is 78.7 Å². The second-order valence-electron chi connectivity index (χ2n) is 16.0. The first-order valence-electron chi connectivity index (χ1n) is 21.9. The Hall–Kier alpha value is -5.25. The molecule has 5 unspecified atom stereocenters. The molecule has 0 bridgehead atoms. The van der Waals surface area contributed by atoms with Gasteiger partial charge in [-0.05, 0) is 87.4 Å². The van der Waals surface area contributed by atoms with E-state index >= 15 is 0 Å². The maximum atomic E-state index is 12.6. The van der Waals surface area contributed by atoms with Crippen molar-refractivity contribution in [2.45, 2.75) is 90.2 Å². The molecule has 0 amide bonds. The number of carbonyl (C=O) groups excluding carboxylic acids is 6. The van der Waals surface area contributed by atoms with Gasteiger partial charge >= 0.3 is 19.8 Å². The summed E-state index contributed by atoms with van der Waals surface area (Å²) in [7, 11) is 0. The van der Waals surface area contributed by atoms with Gasteiger partial charge in [-0.15, -0.1) is 18.8 Å². The van der Waals surface area contributed by atoms with E-state index in [0.717, 1.165) is 38.7 Å².